The number of nitrogens with zero attached hydrogens (tertiary/aromatic N) is 3. The van der Waals surface area contributed by atoms with Crippen molar-refractivity contribution in [3.05, 3.63) is 24.3 Å². The monoisotopic (exact) mass is 313 g/mol. The van der Waals surface area contributed by atoms with Gasteiger partial charge in [-0.15, -0.1) is 0 Å². The largest absolute Gasteiger partial charge is 0.423 e. The first kappa shape index (κ1) is 15.0. The molecule has 1 aromatic carbocycles. The van der Waals surface area contributed by atoms with Crippen LogP contribution in [0.4, 0.5) is 6.01 Å². The van der Waals surface area contributed by atoms with E-state index in [9.17, 15) is 0 Å². The zero-order valence-corrected chi connectivity index (χ0v) is 14.1. The Hall–Kier alpha value is -1.55. The van der Waals surface area contributed by atoms with Crippen LogP contribution in [0.1, 0.15) is 32.6 Å². The molecule has 0 spiro atoms. The summed E-state index contributed by atoms with van der Waals surface area (Å²) >= 11 is 0. The molecule has 2 fully saturated rings. The summed E-state index contributed by atoms with van der Waals surface area (Å²) in [5.74, 6) is 1.65. The van der Waals surface area contributed by atoms with E-state index in [0.717, 1.165) is 42.0 Å². The number of likely N-dealkylation sites (tertiary alicyclic amines) is 1. The minimum atomic E-state index is 0.743. The molecular weight excluding hydrogens is 286 g/mol. The summed E-state index contributed by atoms with van der Waals surface area (Å²) in [6, 6.07) is 8.86. The SMILES string of the molecule is CC1CCN(CC2CCCN(c3nc4ccccc4o3)C2)CC1. The highest BCUT2D eigenvalue weighted by molar-refractivity contribution is 5.74. The summed E-state index contributed by atoms with van der Waals surface area (Å²) in [7, 11) is 0. The van der Waals surface area contributed by atoms with E-state index < -0.39 is 0 Å². The molecule has 2 aromatic rings. The summed E-state index contributed by atoms with van der Waals surface area (Å²) in [5.41, 5.74) is 1.87. The minimum absolute atomic E-state index is 0.743. The first-order valence-electron chi connectivity index (χ1n) is 9.11. The van der Waals surface area contributed by atoms with E-state index >= 15 is 0 Å². The van der Waals surface area contributed by atoms with Gasteiger partial charge in [-0.05, 0) is 62.7 Å². The molecule has 0 N–H and O–H groups in total. The summed E-state index contributed by atoms with van der Waals surface area (Å²) < 4.78 is 5.96. The molecule has 0 amide bonds. The van der Waals surface area contributed by atoms with Gasteiger partial charge in [0.05, 0.1) is 0 Å². The van der Waals surface area contributed by atoms with Crippen molar-refractivity contribution in [2.24, 2.45) is 11.8 Å². The fourth-order valence-corrected chi connectivity index (χ4v) is 3.99. The number of hydrogen-bond acceptors (Lipinski definition) is 4. The zero-order valence-electron chi connectivity index (χ0n) is 14.1. The van der Waals surface area contributed by atoms with Crippen molar-refractivity contribution in [2.45, 2.75) is 32.6 Å². The topological polar surface area (TPSA) is 32.5 Å². The second-order valence-electron chi connectivity index (χ2n) is 7.40. The number of para-hydroxylation sites is 2. The number of aromatic nitrogens is 1. The third-order valence-electron chi connectivity index (χ3n) is 5.46. The van der Waals surface area contributed by atoms with Crippen molar-refractivity contribution in [3.8, 4) is 0 Å². The molecule has 4 rings (SSSR count). The molecule has 23 heavy (non-hydrogen) atoms. The van der Waals surface area contributed by atoms with Crippen LogP contribution in [0.3, 0.4) is 0 Å². The second-order valence-corrected chi connectivity index (χ2v) is 7.40. The first-order valence-corrected chi connectivity index (χ1v) is 9.11. The molecule has 0 saturated carbocycles. The van der Waals surface area contributed by atoms with Crippen molar-refractivity contribution >= 4 is 17.1 Å². The predicted octanol–water partition coefficient (Wildman–Crippen LogP) is 3.78. The van der Waals surface area contributed by atoms with E-state index in [2.05, 4.69) is 21.7 Å². The van der Waals surface area contributed by atoms with Crippen molar-refractivity contribution < 1.29 is 4.42 Å². The van der Waals surface area contributed by atoms with Gasteiger partial charge in [0.2, 0.25) is 0 Å². The first-order chi connectivity index (χ1) is 11.3. The third kappa shape index (κ3) is 3.37. The van der Waals surface area contributed by atoms with Gasteiger partial charge in [-0.1, -0.05) is 19.1 Å². The third-order valence-corrected chi connectivity index (χ3v) is 5.46. The quantitative estimate of drug-likeness (QED) is 0.863. The Morgan fingerprint density at radius 3 is 2.78 bits per heavy atom. The van der Waals surface area contributed by atoms with Crippen LogP contribution in [0.2, 0.25) is 0 Å². The second kappa shape index (κ2) is 6.52. The number of rotatable bonds is 3. The molecule has 2 aliphatic heterocycles. The lowest BCUT2D eigenvalue weighted by Crippen LogP contribution is -2.43. The number of benzene rings is 1. The Morgan fingerprint density at radius 2 is 1.96 bits per heavy atom. The maximum absolute atomic E-state index is 5.96. The molecule has 4 heteroatoms. The van der Waals surface area contributed by atoms with Gasteiger partial charge >= 0.3 is 0 Å². The van der Waals surface area contributed by atoms with Gasteiger partial charge in [0, 0.05) is 19.6 Å². The van der Waals surface area contributed by atoms with Crippen molar-refractivity contribution in [2.75, 3.05) is 37.6 Å². The van der Waals surface area contributed by atoms with Gasteiger partial charge in [0.1, 0.15) is 5.52 Å². The number of piperidine rings is 2. The van der Waals surface area contributed by atoms with Crippen LogP contribution in [-0.4, -0.2) is 42.6 Å². The van der Waals surface area contributed by atoms with Gasteiger partial charge < -0.3 is 14.2 Å². The molecular formula is C19H27N3O. The lowest BCUT2D eigenvalue weighted by molar-refractivity contribution is 0.159. The van der Waals surface area contributed by atoms with Crippen LogP contribution in [0.5, 0.6) is 0 Å². The fraction of sp³-hybridized carbons (Fsp3) is 0.632. The lowest BCUT2D eigenvalue weighted by Gasteiger charge is -2.37. The molecule has 0 radical (unpaired) electrons. The summed E-state index contributed by atoms with van der Waals surface area (Å²) in [6.07, 6.45) is 5.31. The van der Waals surface area contributed by atoms with Crippen LogP contribution in [-0.2, 0) is 0 Å². The van der Waals surface area contributed by atoms with E-state index in [1.807, 2.05) is 24.3 Å². The Bertz CT molecular complexity index is 612. The molecule has 3 heterocycles. The van der Waals surface area contributed by atoms with Gasteiger partial charge in [-0.25, -0.2) is 0 Å². The zero-order chi connectivity index (χ0) is 15.6. The number of fused-ring (bicyclic) bond motifs is 1. The van der Waals surface area contributed by atoms with Gasteiger partial charge in [-0.3, -0.25) is 0 Å². The maximum Gasteiger partial charge on any atom is 0.298 e. The van der Waals surface area contributed by atoms with Crippen molar-refractivity contribution in [3.63, 3.8) is 0 Å². The molecule has 1 unspecified atom stereocenters. The predicted molar refractivity (Wildman–Crippen MR) is 93.8 cm³/mol. The highest BCUT2D eigenvalue weighted by Crippen LogP contribution is 2.27. The highest BCUT2D eigenvalue weighted by Gasteiger charge is 2.26. The van der Waals surface area contributed by atoms with Gasteiger partial charge in [-0.2, -0.15) is 4.98 Å². The van der Waals surface area contributed by atoms with Crippen LogP contribution in [0.25, 0.3) is 11.1 Å². The van der Waals surface area contributed by atoms with E-state index in [4.69, 9.17) is 4.42 Å². The van der Waals surface area contributed by atoms with Crippen LogP contribution in [0, 0.1) is 11.8 Å². The van der Waals surface area contributed by atoms with E-state index in [1.165, 1.54) is 45.3 Å². The number of anilines is 1. The average Bonchev–Trinajstić information content (AvgIpc) is 3.01. The van der Waals surface area contributed by atoms with Crippen LogP contribution in [0.15, 0.2) is 28.7 Å². The summed E-state index contributed by atoms with van der Waals surface area (Å²) in [6.45, 7) is 8.33. The Labute approximate surface area is 138 Å². The Balaban J connectivity index is 1.40. The van der Waals surface area contributed by atoms with Crippen molar-refractivity contribution in [1.82, 2.24) is 9.88 Å². The minimum Gasteiger partial charge on any atom is -0.423 e. The Morgan fingerprint density at radius 1 is 1.13 bits per heavy atom. The number of hydrogen-bond donors (Lipinski definition) is 0. The van der Waals surface area contributed by atoms with Crippen molar-refractivity contribution in [1.29, 1.82) is 0 Å². The molecule has 1 aromatic heterocycles. The lowest BCUT2D eigenvalue weighted by atomic mass is 9.94. The average molecular weight is 313 g/mol. The van der Waals surface area contributed by atoms with E-state index in [-0.39, 0.29) is 0 Å². The molecule has 0 bridgehead atoms. The summed E-state index contributed by atoms with van der Waals surface area (Å²) in [5, 5.41) is 0. The van der Waals surface area contributed by atoms with E-state index in [1.54, 1.807) is 0 Å². The normalized spacial score (nSPS) is 24.4. The van der Waals surface area contributed by atoms with Crippen LogP contribution < -0.4 is 4.90 Å². The smallest absolute Gasteiger partial charge is 0.298 e. The molecule has 124 valence electrons. The Kier molecular flexibility index (Phi) is 4.25. The standard InChI is InChI=1S/C19H27N3O/c1-15-8-11-21(12-9-15)13-16-5-4-10-22(14-16)19-20-17-6-2-3-7-18(17)23-19/h2-3,6-7,15-16H,4-5,8-14H2,1H3. The molecule has 0 aliphatic carbocycles. The number of oxazole rings is 1. The maximum atomic E-state index is 5.96. The molecule has 4 nitrogen and oxygen atoms in total. The molecule has 1 atom stereocenters. The van der Waals surface area contributed by atoms with Gasteiger partial charge in [0.15, 0.2) is 5.58 Å². The van der Waals surface area contributed by atoms with Crippen LogP contribution >= 0.6 is 0 Å². The van der Waals surface area contributed by atoms with Gasteiger partial charge in [0.25, 0.3) is 6.01 Å². The summed E-state index contributed by atoms with van der Waals surface area (Å²) in [4.78, 5) is 9.69. The molecule has 2 aliphatic rings. The molecule has 2 saturated heterocycles. The fourth-order valence-electron chi connectivity index (χ4n) is 3.99. The van der Waals surface area contributed by atoms with E-state index in [0.29, 0.717) is 0 Å². The highest BCUT2D eigenvalue weighted by atomic mass is 16.4.